The zero-order valence-electron chi connectivity index (χ0n) is 15.8. The summed E-state index contributed by atoms with van der Waals surface area (Å²) in [5, 5.41) is 0. The predicted octanol–water partition coefficient (Wildman–Crippen LogP) is 2.81. The van der Waals surface area contributed by atoms with Gasteiger partial charge in [-0.25, -0.2) is 0 Å². The molecule has 0 spiro atoms. The number of pyridine rings is 2. The van der Waals surface area contributed by atoms with Crippen LogP contribution in [-0.2, 0) is 6.42 Å². The SMILES string of the molecule is CN(CCc1ccncc1)C(=O)c1cc(C(=O)N2CCCCCC2)ccn1. The molecule has 0 aromatic carbocycles. The molecule has 0 radical (unpaired) electrons. The normalized spacial score (nSPS) is 14.5. The van der Waals surface area contributed by atoms with Gasteiger partial charge in [0.05, 0.1) is 0 Å². The minimum Gasteiger partial charge on any atom is -0.340 e. The van der Waals surface area contributed by atoms with Crippen LogP contribution in [0, 0.1) is 0 Å². The van der Waals surface area contributed by atoms with E-state index in [4.69, 9.17) is 0 Å². The quantitative estimate of drug-likeness (QED) is 0.816. The van der Waals surface area contributed by atoms with Crippen molar-refractivity contribution in [1.82, 2.24) is 19.8 Å². The van der Waals surface area contributed by atoms with Crippen LogP contribution in [0.5, 0.6) is 0 Å². The van der Waals surface area contributed by atoms with Gasteiger partial charge < -0.3 is 9.80 Å². The number of hydrogen-bond acceptors (Lipinski definition) is 4. The van der Waals surface area contributed by atoms with Crippen molar-refractivity contribution < 1.29 is 9.59 Å². The van der Waals surface area contributed by atoms with E-state index in [0.29, 0.717) is 17.8 Å². The minimum atomic E-state index is -0.172. The molecule has 6 nitrogen and oxygen atoms in total. The second-order valence-electron chi connectivity index (χ2n) is 6.97. The summed E-state index contributed by atoms with van der Waals surface area (Å²) < 4.78 is 0. The van der Waals surface area contributed by atoms with Gasteiger partial charge in [0.1, 0.15) is 5.69 Å². The van der Waals surface area contributed by atoms with Crippen molar-refractivity contribution in [2.24, 2.45) is 0 Å². The van der Waals surface area contributed by atoms with Gasteiger partial charge in [0.25, 0.3) is 11.8 Å². The molecular formula is C21H26N4O2. The van der Waals surface area contributed by atoms with Crippen LogP contribution in [0.4, 0.5) is 0 Å². The van der Waals surface area contributed by atoms with Crippen LogP contribution in [0.3, 0.4) is 0 Å². The van der Waals surface area contributed by atoms with Crippen molar-refractivity contribution in [3.05, 3.63) is 59.7 Å². The number of carbonyl (C=O) groups is 2. The Morgan fingerprint density at radius 3 is 2.44 bits per heavy atom. The van der Waals surface area contributed by atoms with E-state index in [1.54, 1.807) is 42.7 Å². The smallest absolute Gasteiger partial charge is 0.272 e. The number of carbonyl (C=O) groups excluding carboxylic acids is 2. The van der Waals surface area contributed by atoms with Crippen molar-refractivity contribution in [2.45, 2.75) is 32.1 Å². The number of rotatable bonds is 5. The topological polar surface area (TPSA) is 66.4 Å². The molecule has 1 aliphatic heterocycles. The van der Waals surface area contributed by atoms with Crippen LogP contribution < -0.4 is 0 Å². The molecule has 3 rings (SSSR count). The highest BCUT2D eigenvalue weighted by atomic mass is 16.2. The number of nitrogens with zero attached hydrogens (tertiary/aromatic N) is 4. The van der Waals surface area contributed by atoms with Crippen LogP contribution in [0.2, 0.25) is 0 Å². The summed E-state index contributed by atoms with van der Waals surface area (Å²) in [6, 6.07) is 7.20. The third-order valence-corrected chi connectivity index (χ3v) is 4.95. The summed E-state index contributed by atoms with van der Waals surface area (Å²) in [6.45, 7) is 2.15. The standard InChI is InChI=1S/C21H26N4O2/c1-24(15-9-17-6-10-22-11-7-17)21(27)19-16-18(8-12-23-19)20(26)25-13-4-2-3-5-14-25/h6-8,10-12,16H,2-5,9,13-15H2,1H3. The van der Waals surface area contributed by atoms with Gasteiger partial charge in [-0.3, -0.25) is 19.6 Å². The van der Waals surface area contributed by atoms with E-state index < -0.39 is 0 Å². The lowest BCUT2D eigenvalue weighted by atomic mass is 10.1. The molecule has 27 heavy (non-hydrogen) atoms. The minimum absolute atomic E-state index is 0.00668. The molecular weight excluding hydrogens is 340 g/mol. The molecule has 0 bridgehead atoms. The highest BCUT2D eigenvalue weighted by Gasteiger charge is 2.20. The van der Waals surface area contributed by atoms with Gasteiger partial charge in [0.2, 0.25) is 0 Å². The van der Waals surface area contributed by atoms with Crippen LogP contribution in [0.25, 0.3) is 0 Å². The molecule has 2 aromatic rings. The monoisotopic (exact) mass is 366 g/mol. The first kappa shape index (κ1) is 19.0. The van der Waals surface area contributed by atoms with Crippen LogP contribution in [0.1, 0.15) is 52.1 Å². The Morgan fingerprint density at radius 1 is 1.04 bits per heavy atom. The average molecular weight is 366 g/mol. The number of likely N-dealkylation sites (tertiary alicyclic amines) is 1. The number of amides is 2. The van der Waals surface area contributed by atoms with E-state index in [2.05, 4.69) is 9.97 Å². The zero-order chi connectivity index (χ0) is 19.1. The van der Waals surface area contributed by atoms with Gasteiger partial charge in [-0.1, -0.05) is 12.8 Å². The van der Waals surface area contributed by atoms with Gasteiger partial charge >= 0.3 is 0 Å². The van der Waals surface area contributed by atoms with E-state index in [-0.39, 0.29) is 11.8 Å². The predicted molar refractivity (Wildman–Crippen MR) is 104 cm³/mol. The molecule has 0 atom stereocenters. The van der Waals surface area contributed by atoms with E-state index >= 15 is 0 Å². The lowest BCUT2D eigenvalue weighted by molar-refractivity contribution is 0.0761. The Bertz CT molecular complexity index is 771. The Hall–Kier alpha value is -2.76. The summed E-state index contributed by atoms with van der Waals surface area (Å²) in [7, 11) is 1.76. The average Bonchev–Trinajstić information content (AvgIpc) is 3.01. The molecule has 0 unspecified atom stereocenters. The first-order chi connectivity index (χ1) is 13.1. The van der Waals surface area contributed by atoms with Crippen molar-refractivity contribution in [3.8, 4) is 0 Å². The van der Waals surface area contributed by atoms with Crippen molar-refractivity contribution >= 4 is 11.8 Å². The highest BCUT2D eigenvalue weighted by Crippen LogP contribution is 2.14. The summed E-state index contributed by atoms with van der Waals surface area (Å²) in [6.07, 6.45) is 10.2. The zero-order valence-corrected chi connectivity index (χ0v) is 15.8. The molecule has 142 valence electrons. The second-order valence-corrected chi connectivity index (χ2v) is 6.97. The fourth-order valence-corrected chi connectivity index (χ4v) is 3.28. The summed E-state index contributed by atoms with van der Waals surface area (Å²) >= 11 is 0. The van der Waals surface area contributed by atoms with E-state index in [9.17, 15) is 9.59 Å². The van der Waals surface area contributed by atoms with Gasteiger partial charge in [-0.2, -0.15) is 0 Å². The molecule has 6 heteroatoms. The maximum atomic E-state index is 12.8. The summed E-state index contributed by atoms with van der Waals surface area (Å²) in [4.78, 5) is 37.2. The molecule has 0 N–H and O–H groups in total. The molecule has 3 heterocycles. The van der Waals surface area contributed by atoms with Gasteiger partial charge in [-0.05, 0) is 49.1 Å². The maximum absolute atomic E-state index is 12.8. The van der Waals surface area contributed by atoms with Crippen molar-refractivity contribution in [3.63, 3.8) is 0 Å². The number of likely N-dealkylation sites (N-methyl/N-ethyl adjacent to an activating group) is 1. The third kappa shape index (κ3) is 5.12. The first-order valence-corrected chi connectivity index (χ1v) is 9.55. The molecule has 1 saturated heterocycles. The summed E-state index contributed by atoms with van der Waals surface area (Å²) in [5.74, 6) is -0.178. The van der Waals surface area contributed by atoms with E-state index in [1.807, 2.05) is 17.0 Å². The summed E-state index contributed by atoms with van der Waals surface area (Å²) in [5.41, 5.74) is 1.98. The molecule has 1 aliphatic rings. The number of hydrogen-bond donors (Lipinski definition) is 0. The van der Waals surface area contributed by atoms with E-state index in [1.165, 1.54) is 12.8 Å². The van der Waals surface area contributed by atoms with Crippen LogP contribution in [0.15, 0.2) is 42.9 Å². The Balaban J connectivity index is 1.64. The molecule has 2 aromatic heterocycles. The molecule has 0 aliphatic carbocycles. The third-order valence-electron chi connectivity index (χ3n) is 4.95. The fraction of sp³-hybridized carbons (Fsp3) is 0.429. The highest BCUT2D eigenvalue weighted by molar-refractivity contribution is 5.98. The molecule has 0 saturated carbocycles. The fourth-order valence-electron chi connectivity index (χ4n) is 3.28. The second kappa shape index (κ2) is 9.26. The lowest BCUT2D eigenvalue weighted by Gasteiger charge is -2.21. The first-order valence-electron chi connectivity index (χ1n) is 9.55. The van der Waals surface area contributed by atoms with Gasteiger partial charge in [0.15, 0.2) is 0 Å². The van der Waals surface area contributed by atoms with Crippen LogP contribution in [-0.4, -0.2) is 58.3 Å². The lowest BCUT2D eigenvalue weighted by Crippen LogP contribution is -2.33. The Labute approximate surface area is 160 Å². The van der Waals surface area contributed by atoms with Crippen LogP contribution >= 0.6 is 0 Å². The number of aromatic nitrogens is 2. The molecule has 1 fully saturated rings. The largest absolute Gasteiger partial charge is 0.340 e. The van der Waals surface area contributed by atoms with Crippen molar-refractivity contribution in [1.29, 1.82) is 0 Å². The molecule has 2 amide bonds. The maximum Gasteiger partial charge on any atom is 0.272 e. The Kier molecular flexibility index (Phi) is 6.52. The van der Waals surface area contributed by atoms with E-state index in [0.717, 1.165) is 37.9 Å². The van der Waals surface area contributed by atoms with Gasteiger partial charge in [-0.15, -0.1) is 0 Å². The van der Waals surface area contributed by atoms with Gasteiger partial charge in [0, 0.05) is 50.8 Å². The Morgan fingerprint density at radius 2 is 1.74 bits per heavy atom. The van der Waals surface area contributed by atoms with Crippen molar-refractivity contribution in [2.75, 3.05) is 26.7 Å².